The van der Waals surface area contributed by atoms with E-state index in [-0.39, 0.29) is 23.1 Å². The molecule has 1 saturated heterocycles. The number of aromatic nitrogens is 2. The minimum atomic E-state index is -3.73. The van der Waals surface area contributed by atoms with E-state index >= 15 is 0 Å². The lowest BCUT2D eigenvalue weighted by molar-refractivity contribution is 0.0763. The van der Waals surface area contributed by atoms with Gasteiger partial charge in [-0.2, -0.15) is 4.31 Å². The van der Waals surface area contributed by atoms with Gasteiger partial charge >= 0.3 is 0 Å². The second kappa shape index (κ2) is 8.79. The van der Waals surface area contributed by atoms with E-state index in [0.29, 0.717) is 37.3 Å². The Bertz CT molecular complexity index is 1290. The molecule has 1 fully saturated rings. The van der Waals surface area contributed by atoms with Crippen LogP contribution in [-0.4, -0.2) is 59.4 Å². The number of aryl methyl sites for hydroxylation is 4. The number of carbonyl (C=O) groups is 1. The average molecular weight is 471 g/mol. The lowest BCUT2D eigenvalue weighted by Crippen LogP contribution is -2.37. The minimum Gasteiger partial charge on any atom is -0.360 e. The molecular formula is C24H30N4O4S. The zero-order valence-electron chi connectivity index (χ0n) is 19.8. The maximum Gasteiger partial charge on any atom is 0.255 e. The number of sulfonamides is 1. The summed E-state index contributed by atoms with van der Waals surface area (Å²) >= 11 is 0. The first kappa shape index (κ1) is 23.3. The van der Waals surface area contributed by atoms with Gasteiger partial charge in [0, 0.05) is 43.3 Å². The first-order valence-electron chi connectivity index (χ1n) is 11.1. The number of amides is 1. The molecule has 0 bridgehead atoms. The summed E-state index contributed by atoms with van der Waals surface area (Å²) < 4.78 is 35.0. The van der Waals surface area contributed by atoms with Gasteiger partial charge in [0.2, 0.25) is 10.0 Å². The molecule has 1 aliphatic rings. The van der Waals surface area contributed by atoms with Crippen LogP contribution in [0.5, 0.6) is 0 Å². The lowest BCUT2D eigenvalue weighted by Gasteiger charge is -2.22. The zero-order chi connectivity index (χ0) is 23.9. The largest absolute Gasteiger partial charge is 0.360 e. The van der Waals surface area contributed by atoms with Crippen LogP contribution in [0, 0.1) is 34.6 Å². The Balaban J connectivity index is 1.57. The molecule has 3 heterocycles. The number of benzene rings is 1. The van der Waals surface area contributed by atoms with Crippen LogP contribution in [0.4, 0.5) is 0 Å². The Morgan fingerprint density at radius 2 is 1.73 bits per heavy atom. The number of hydrogen-bond acceptors (Lipinski definition) is 5. The molecule has 33 heavy (non-hydrogen) atoms. The molecule has 176 valence electrons. The molecular weight excluding hydrogens is 440 g/mol. The van der Waals surface area contributed by atoms with Crippen LogP contribution in [0.15, 0.2) is 39.8 Å². The molecule has 1 amide bonds. The van der Waals surface area contributed by atoms with Gasteiger partial charge in [0.1, 0.15) is 10.6 Å². The van der Waals surface area contributed by atoms with Crippen molar-refractivity contribution in [2.24, 2.45) is 0 Å². The van der Waals surface area contributed by atoms with Crippen molar-refractivity contribution in [1.82, 2.24) is 18.9 Å². The Morgan fingerprint density at radius 3 is 2.39 bits per heavy atom. The average Bonchev–Trinajstić information content (AvgIpc) is 3.13. The molecule has 0 saturated carbocycles. The zero-order valence-corrected chi connectivity index (χ0v) is 20.6. The predicted molar refractivity (Wildman–Crippen MR) is 125 cm³/mol. The van der Waals surface area contributed by atoms with Crippen LogP contribution in [0.1, 0.15) is 45.2 Å². The van der Waals surface area contributed by atoms with Crippen LogP contribution in [0.2, 0.25) is 0 Å². The Labute approximate surface area is 194 Å². The van der Waals surface area contributed by atoms with Gasteiger partial charge in [-0.25, -0.2) is 8.42 Å². The van der Waals surface area contributed by atoms with Crippen molar-refractivity contribution in [3.8, 4) is 5.69 Å². The fourth-order valence-corrected chi connectivity index (χ4v) is 6.40. The maximum absolute atomic E-state index is 13.5. The summed E-state index contributed by atoms with van der Waals surface area (Å²) in [7, 11) is -3.73. The SMILES string of the molecule is Cc1ccccc1-n1c(C)cc(C(=O)N2CCCN(S(=O)(=O)c3c(C)noc3C)CC2)c1C. The van der Waals surface area contributed by atoms with E-state index in [1.165, 1.54) is 4.31 Å². The topological polar surface area (TPSA) is 88.7 Å². The third kappa shape index (κ3) is 4.11. The summed E-state index contributed by atoms with van der Waals surface area (Å²) in [5.41, 5.74) is 5.07. The van der Waals surface area contributed by atoms with E-state index in [2.05, 4.69) is 22.7 Å². The van der Waals surface area contributed by atoms with E-state index < -0.39 is 10.0 Å². The van der Waals surface area contributed by atoms with E-state index in [1.54, 1.807) is 18.7 Å². The van der Waals surface area contributed by atoms with Crippen LogP contribution >= 0.6 is 0 Å². The molecule has 1 aliphatic heterocycles. The second-order valence-electron chi connectivity index (χ2n) is 8.61. The standard InChI is InChI=1S/C24H30N4O4S/c1-16-9-6-7-10-22(16)28-17(2)15-21(19(28)4)24(29)26-11-8-12-27(14-13-26)33(30,31)23-18(3)25-32-20(23)5/h6-7,9-10,15H,8,11-14H2,1-5H3. The summed E-state index contributed by atoms with van der Waals surface area (Å²) in [5, 5.41) is 3.79. The second-order valence-corrected chi connectivity index (χ2v) is 10.5. The fourth-order valence-electron chi connectivity index (χ4n) is 4.64. The van der Waals surface area contributed by atoms with Crippen molar-refractivity contribution in [3.63, 3.8) is 0 Å². The number of para-hydroxylation sites is 1. The highest BCUT2D eigenvalue weighted by atomic mass is 32.2. The minimum absolute atomic E-state index is 0.0699. The lowest BCUT2D eigenvalue weighted by atomic mass is 10.2. The van der Waals surface area contributed by atoms with Crippen molar-refractivity contribution >= 4 is 15.9 Å². The van der Waals surface area contributed by atoms with Crippen molar-refractivity contribution < 1.29 is 17.7 Å². The summed E-state index contributed by atoms with van der Waals surface area (Å²) in [6, 6.07) is 10.0. The summed E-state index contributed by atoms with van der Waals surface area (Å²) in [5.74, 6) is 0.216. The molecule has 3 aromatic rings. The van der Waals surface area contributed by atoms with Crippen LogP contribution in [0.25, 0.3) is 5.69 Å². The fraction of sp³-hybridized carbons (Fsp3) is 0.417. The summed E-state index contributed by atoms with van der Waals surface area (Å²) in [6.07, 6.45) is 0.560. The first-order chi connectivity index (χ1) is 15.6. The predicted octanol–water partition coefficient (Wildman–Crippen LogP) is 3.54. The van der Waals surface area contributed by atoms with Crippen LogP contribution in [-0.2, 0) is 10.0 Å². The van der Waals surface area contributed by atoms with Crippen LogP contribution < -0.4 is 0 Å². The quantitative estimate of drug-likeness (QED) is 0.582. The molecule has 4 rings (SSSR count). The molecule has 2 aromatic heterocycles. The molecule has 0 radical (unpaired) electrons. The van der Waals surface area contributed by atoms with Crippen molar-refractivity contribution in [2.75, 3.05) is 26.2 Å². The van der Waals surface area contributed by atoms with Gasteiger partial charge in [-0.05, 0) is 58.7 Å². The Hall–Kier alpha value is -2.91. The van der Waals surface area contributed by atoms with Gasteiger partial charge in [-0.15, -0.1) is 0 Å². The molecule has 0 spiro atoms. The van der Waals surface area contributed by atoms with Gasteiger partial charge < -0.3 is 14.0 Å². The van der Waals surface area contributed by atoms with Gasteiger partial charge in [0.05, 0.1) is 5.56 Å². The molecule has 8 nitrogen and oxygen atoms in total. The first-order valence-corrected chi connectivity index (χ1v) is 12.5. The van der Waals surface area contributed by atoms with E-state index in [4.69, 9.17) is 4.52 Å². The van der Waals surface area contributed by atoms with E-state index in [9.17, 15) is 13.2 Å². The van der Waals surface area contributed by atoms with Crippen molar-refractivity contribution in [3.05, 3.63) is 64.3 Å². The summed E-state index contributed by atoms with van der Waals surface area (Å²) in [4.78, 5) is 15.4. The molecule has 9 heteroatoms. The highest BCUT2D eigenvalue weighted by molar-refractivity contribution is 7.89. The highest BCUT2D eigenvalue weighted by Crippen LogP contribution is 2.26. The summed E-state index contributed by atoms with van der Waals surface area (Å²) in [6.45, 7) is 10.6. The van der Waals surface area contributed by atoms with Gasteiger partial charge in [0.15, 0.2) is 5.76 Å². The highest BCUT2D eigenvalue weighted by Gasteiger charge is 2.33. The van der Waals surface area contributed by atoms with Gasteiger partial charge in [0.25, 0.3) is 5.91 Å². The van der Waals surface area contributed by atoms with Gasteiger partial charge in [-0.3, -0.25) is 4.79 Å². The third-order valence-electron chi connectivity index (χ3n) is 6.33. The number of rotatable bonds is 4. The Morgan fingerprint density at radius 1 is 1.00 bits per heavy atom. The maximum atomic E-state index is 13.5. The van der Waals surface area contributed by atoms with Gasteiger partial charge in [-0.1, -0.05) is 23.4 Å². The monoisotopic (exact) mass is 470 g/mol. The van der Waals surface area contributed by atoms with E-state index in [1.807, 2.05) is 38.1 Å². The number of carbonyl (C=O) groups excluding carboxylic acids is 1. The number of nitrogens with zero attached hydrogens (tertiary/aromatic N) is 4. The third-order valence-corrected chi connectivity index (χ3v) is 8.47. The van der Waals surface area contributed by atoms with Crippen LogP contribution in [0.3, 0.4) is 0 Å². The normalized spacial score (nSPS) is 15.6. The smallest absolute Gasteiger partial charge is 0.255 e. The molecule has 0 unspecified atom stereocenters. The molecule has 1 aromatic carbocycles. The molecule has 0 atom stereocenters. The number of hydrogen-bond donors (Lipinski definition) is 0. The molecule has 0 aliphatic carbocycles. The Kier molecular flexibility index (Phi) is 6.20. The van der Waals surface area contributed by atoms with E-state index in [0.717, 1.165) is 22.6 Å². The molecule has 0 N–H and O–H groups in total. The van der Waals surface area contributed by atoms with Crippen molar-refractivity contribution in [1.29, 1.82) is 0 Å². The van der Waals surface area contributed by atoms with Crippen molar-refractivity contribution in [2.45, 2.75) is 45.9 Å².